The van der Waals surface area contributed by atoms with Gasteiger partial charge in [-0.1, -0.05) is 61.0 Å². The number of carbonyl (C=O) groups excluding carboxylic acids is 2. The molecule has 2 aromatic carbocycles. The number of carbonyl (C=O) groups is 2. The molecular weight excluding hydrogens is 400 g/mol. The van der Waals surface area contributed by atoms with Gasteiger partial charge in [0.2, 0.25) is 5.91 Å². The van der Waals surface area contributed by atoms with Crippen LogP contribution in [-0.4, -0.2) is 41.4 Å². The number of hydrogen-bond donors (Lipinski definition) is 1. The summed E-state index contributed by atoms with van der Waals surface area (Å²) in [5.41, 5.74) is 0.723. The average Bonchev–Trinajstić information content (AvgIpc) is 2.69. The monoisotopic (exact) mass is 430 g/mol. The van der Waals surface area contributed by atoms with Gasteiger partial charge in [-0.3, -0.25) is 9.59 Å². The smallest absolute Gasteiger partial charge is 0.261 e. The number of rotatable bonds is 9. The second kappa shape index (κ2) is 11.0. The zero-order valence-electron chi connectivity index (χ0n) is 18.2. The first-order valence-corrected chi connectivity index (χ1v) is 10.6. The van der Waals surface area contributed by atoms with Crippen molar-refractivity contribution in [2.24, 2.45) is 0 Å². The molecule has 6 heteroatoms. The third kappa shape index (κ3) is 7.38. The van der Waals surface area contributed by atoms with E-state index in [1.807, 2.05) is 58.0 Å². The van der Waals surface area contributed by atoms with Gasteiger partial charge < -0.3 is 15.0 Å². The first-order chi connectivity index (χ1) is 14.2. The third-order valence-corrected chi connectivity index (χ3v) is 4.87. The Balaban J connectivity index is 2.16. The number of amides is 2. The molecule has 1 N–H and O–H groups in total. The minimum absolute atomic E-state index is 0.163. The lowest BCUT2D eigenvalue weighted by Crippen LogP contribution is -2.54. The van der Waals surface area contributed by atoms with Gasteiger partial charge in [0.25, 0.3) is 5.91 Å². The molecule has 30 heavy (non-hydrogen) atoms. The molecule has 0 radical (unpaired) electrons. The van der Waals surface area contributed by atoms with Crippen molar-refractivity contribution in [2.45, 2.75) is 52.1 Å². The highest BCUT2D eigenvalue weighted by Crippen LogP contribution is 2.23. The van der Waals surface area contributed by atoms with E-state index in [1.54, 1.807) is 29.2 Å². The molecule has 0 spiro atoms. The van der Waals surface area contributed by atoms with Crippen LogP contribution in [-0.2, 0) is 16.0 Å². The number of halogens is 1. The lowest BCUT2D eigenvalue weighted by atomic mass is 10.1. The van der Waals surface area contributed by atoms with Gasteiger partial charge in [0.15, 0.2) is 6.61 Å². The fourth-order valence-corrected chi connectivity index (χ4v) is 3.32. The number of benzene rings is 2. The van der Waals surface area contributed by atoms with E-state index in [4.69, 9.17) is 16.3 Å². The zero-order chi connectivity index (χ0) is 22.1. The Morgan fingerprint density at radius 3 is 2.30 bits per heavy atom. The van der Waals surface area contributed by atoms with Crippen molar-refractivity contribution in [1.82, 2.24) is 10.2 Å². The van der Waals surface area contributed by atoms with Crippen LogP contribution >= 0.6 is 11.6 Å². The molecule has 0 aliphatic heterocycles. The Kier molecular flexibility index (Phi) is 8.72. The molecule has 0 aromatic heterocycles. The summed E-state index contributed by atoms with van der Waals surface area (Å²) in [4.78, 5) is 27.6. The SMILES string of the molecule is CC[C@@H](C(=O)NC(C)(C)C)N(CCc1ccccc1)C(=O)COc1ccccc1Cl. The summed E-state index contributed by atoms with van der Waals surface area (Å²) in [6.07, 6.45) is 1.16. The van der Waals surface area contributed by atoms with E-state index in [9.17, 15) is 9.59 Å². The Morgan fingerprint density at radius 1 is 1.07 bits per heavy atom. The Hall–Kier alpha value is -2.53. The molecular formula is C24H31ClN2O3. The minimum atomic E-state index is -0.574. The Bertz CT molecular complexity index is 834. The van der Waals surface area contributed by atoms with Gasteiger partial charge in [0.1, 0.15) is 11.8 Å². The van der Waals surface area contributed by atoms with Crippen molar-refractivity contribution in [1.29, 1.82) is 0 Å². The summed E-state index contributed by atoms with van der Waals surface area (Å²) < 4.78 is 5.65. The van der Waals surface area contributed by atoms with Crippen molar-refractivity contribution in [2.75, 3.05) is 13.2 Å². The molecule has 5 nitrogen and oxygen atoms in total. The van der Waals surface area contributed by atoms with Gasteiger partial charge in [-0.05, 0) is 51.3 Å². The van der Waals surface area contributed by atoms with Crippen LogP contribution in [0.5, 0.6) is 5.75 Å². The quantitative estimate of drug-likeness (QED) is 0.637. The van der Waals surface area contributed by atoms with E-state index in [-0.39, 0.29) is 24.0 Å². The van der Waals surface area contributed by atoms with E-state index in [0.29, 0.717) is 30.2 Å². The van der Waals surface area contributed by atoms with Crippen LogP contribution in [0.2, 0.25) is 5.02 Å². The second-order valence-corrected chi connectivity index (χ2v) is 8.61. The van der Waals surface area contributed by atoms with Crippen molar-refractivity contribution < 1.29 is 14.3 Å². The van der Waals surface area contributed by atoms with Crippen LogP contribution in [0.15, 0.2) is 54.6 Å². The van der Waals surface area contributed by atoms with Gasteiger partial charge in [-0.2, -0.15) is 0 Å². The van der Waals surface area contributed by atoms with E-state index in [2.05, 4.69) is 5.32 Å². The molecule has 0 saturated heterocycles. The molecule has 2 rings (SSSR count). The van der Waals surface area contributed by atoms with Gasteiger partial charge in [-0.25, -0.2) is 0 Å². The normalized spacial score (nSPS) is 12.2. The van der Waals surface area contributed by atoms with Crippen LogP contribution in [0.25, 0.3) is 0 Å². The molecule has 2 aromatic rings. The fourth-order valence-electron chi connectivity index (χ4n) is 3.13. The van der Waals surface area contributed by atoms with Gasteiger partial charge in [0, 0.05) is 12.1 Å². The average molecular weight is 431 g/mol. The van der Waals surface area contributed by atoms with Crippen LogP contribution < -0.4 is 10.1 Å². The maximum Gasteiger partial charge on any atom is 0.261 e. The second-order valence-electron chi connectivity index (χ2n) is 8.21. The van der Waals surface area contributed by atoms with Crippen LogP contribution in [0.4, 0.5) is 0 Å². The molecule has 0 bridgehead atoms. The summed E-state index contributed by atoms with van der Waals surface area (Å²) in [7, 11) is 0. The Morgan fingerprint density at radius 2 is 1.70 bits per heavy atom. The maximum atomic E-state index is 13.1. The van der Waals surface area contributed by atoms with Gasteiger partial charge in [-0.15, -0.1) is 0 Å². The fraction of sp³-hybridized carbons (Fsp3) is 0.417. The molecule has 0 fully saturated rings. The van der Waals surface area contributed by atoms with E-state index in [1.165, 1.54) is 0 Å². The van der Waals surface area contributed by atoms with Crippen LogP contribution in [0, 0.1) is 0 Å². The maximum absolute atomic E-state index is 13.1. The first-order valence-electron chi connectivity index (χ1n) is 10.2. The molecule has 2 amide bonds. The molecule has 162 valence electrons. The van der Waals surface area contributed by atoms with Crippen LogP contribution in [0.3, 0.4) is 0 Å². The summed E-state index contributed by atoms with van der Waals surface area (Å²) >= 11 is 6.13. The largest absolute Gasteiger partial charge is 0.482 e. The zero-order valence-corrected chi connectivity index (χ0v) is 18.9. The molecule has 0 aliphatic carbocycles. The highest BCUT2D eigenvalue weighted by Gasteiger charge is 2.30. The van der Waals surface area contributed by atoms with Gasteiger partial charge >= 0.3 is 0 Å². The van der Waals surface area contributed by atoms with E-state index < -0.39 is 6.04 Å². The molecule has 1 atom stereocenters. The lowest BCUT2D eigenvalue weighted by Gasteiger charge is -2.33. The van der Waals surface area contributed by atoms with E-state index >= 15 is 0 Å². The standard InChI is InChI=1S/C24H31ClN2O3/c1-5-20(23(29)26-24(2,3)4)27(16-15-18-11-7-6-8-12-18)22(28)17-30-21-14-10-9-13-19(21)25/h6-14,20H,5,15-17H2,1-4H3,(H,26,29)/t20-/m0/s1. The summed E-state index contributed by atoms with van der Waals surface area (Å²) in [5, 5.41) is 3.44. The highest BCUT2D eigenvalue weighted by molar-refractivity contribution is 6.32. The van der Waals surface area contributed by atoms with Gasteiger partial charge in [0.05, 0.1) is 5.02 Å². The number of nitrogens with zero attached hydrogens (tertiary/aromatic N) is 1. The molecule has 0 saturated carbocycles. The van der Waals surface area contributed by atoms with Crippen molar-refractivity contribution in [3.05, 3.63) is 65.2 Å². The lowest BCUT2D eigenvalue weighted by molar-refractivity contribution is -0.142. The summed E-state index contributed by atoms with van der Waals surface area (Å²) in [6, 6.07) is 16.4. The van der Waals surface area contributed by atoms with E-state index in [0.717, 1.165) is 5.56 Å². The predicted molar refractivity (Wildman–Crippen MR) is 121 cm³/mol. The number of para-hydroxylation sites is 1. The molecule has 0 unspecified atom stereocenters. The first kappa shape index (κ1) is 23.7. The summed E-state index contributed by atoms with van der Waals surface area (Å²) in [5.74, 6) is 0.0358. The summed E-state index contributed by atoms with van der Waals surface area (Å²) in [6.45, 7) is 7.92. The Labute approximate surface area is 184 Å². The number of nitrogens with one attached hydrogen (secondary N) is 1. The van der Waals surface area contributed by atoms with Crippen molar-refractivity contribution in [3.63, 3.8) is 0 Å². The van der Waals surface area contributed by atoms with Crippen LogP contribution in [0.1, 0.15) is 39.7 Å². The predicted octanol–water partition coefficient (Wildman–Crippen LogP) is 4.48. The molecule has 0 aliphatic rings. The van der Waals surface area contributed by atoms with Crippen molar-refractivity contribution >= 4 is 23.4 Å². The van der Waals surface area contributed by atoms with Crippen molar-refractivity contribution in [3.8, 4) is 5.75 Å². The molecule has 0 heterocycles. The number of ether oxygens (including phenoxy) is 1. The highest BCUT2D eigenvalue weighted by atomic mass is 35.5. The third-order valence-electron chi connectivity index (χ3n) is 4.56. The number of hydrogen-bond acceptors (Lipinski definition) is 3. The minimum Gasteiger partial charge on any atom is -0.482 e. The topological polar surface area (TPSA) is 58.6 Å².